The van der Waals surface area contributed by atoms with E-state index in [1.54, 1.807) is 11.3 Å². The summed E-state index contributed by atoms with van der Waals surface area (Å²) in [6.45, 7) is 3.52. The number of nitrogens with two attached hydrogens (primary N) is 1. The molecule has 1 aliphatic heterocycles. The third-order valence-corrected chi connectivity index (χ3v) is 3.55. The SMILES string of the molecule is C[C@@H]1NCN(NCCO)c2cc(N)sc21. The Morgan fingerprint density at radius 2 is 2.60 bits per heavy atom. The van der Waals surface area contributed by atoms with Crippen molar-refractivity contribution in [2.75, 3.05) is 30.6 Å². The Hall–Kier alpha value is -0.820. The molecule has 15 heavy (non-hydrogen) atoms. The van der Waals surface area contributed by atoms with Gasteiger partial charge in [-0.3, -0.25) is 10.3 Å². The normalized spacial score (nSPS) is 20.4. The maximum Gasteiger partial charge on any atom is 0.0881 e. The average molecular weight is 228 g/mol. The van der Waals surface area contributed by atoms with Gasteiger partial charge in [0, 0.05) is 17.5 Å². The van der Waals surface area contributed by atoms with Crippen molar-refractivity contribution in [1.82, 2.24) is 10.7 Å². The van der Waals surface area contributed by atoms with Crippen molar-refractivity contribution in [3.63, 3.8) is 0 Å². The summed E-state index contributed by atoms with van der Waals surface area (Å²) in [5.41, 5.74) is 10.1. The molecule has 0 aromatic carbocycles. The highest BCUT2D eigenvalue weighted by Crippen LogP contribution is 2.37. The number of rotatable bonds is 3. The summed E-state index contributed by atoms with van der Waals surface area (Å²) in [7, 11) is 0. The number of aliphatic hydroxyl groups excluding tert-OH is 1. The lowest BCUT2D eigenvalue weighted by Crippen LogP contribution is -2.49. The minimum absolute atomic E-state index is 0.126. The smallest absolute Gasteiger partial charge is 0.0881 e. The molecule has 0 saturated carbocycles. The van der Waals surface area contributed by atoms with E-state index in [0.717, 1.165) is 17.4 Å². The van der Waals surface area contributed by atoms with Gasteiger partial charge in [0.25, 0.3) is 0 Å². The lowest BCUT2D eigenvalue weighted by atomic mass is 10.2. The minimum atomic E-state index is 0.126. The number of nitrogen functional groups attached to an aromatic ring is 1. The molecule has 2 heterocycles. The van der Waals surface area contributed by atoms with Crippen molar-refractivity contribution in [1.29, 1.82) is 0 Å². The third kappa shape index (κ3) is 2.07. The molecule has 84 valence electrons. The van der Waals surface area contributed by atoms with Gasteiger partial charge in [0.1, 0.15) is 0 Å². The molecule has 5 nitrogen and oxygen atoms in total. The lowest BCUT2D eigenvalue weighted by molar-refractivity contribution is 0.288. The second-order valence-corrected chi connectivity index (χ2v) is 4.66. The second kappa shape index (κ2) is 4.36. The van der Waals surface area contributed by atoms with E-state index in [2.05, 4.69) is 17.7 Å². The number of nitrogens with zero attached hydrogens (tertiary/aromatic N) is 1. The third-order valence-electron chi connectivity index (χ3n) is 2.41. The van der Waals surface area contributed by atoms with Crippen LogP contribution in [0.5, 0.6) is 0 Å². The van der Waals surface area contributed by atoms with E-state index in [0.29, 0.717) is 12.6 Å². The molecule has 1 aromatic rings. The Kier molecular flexibility index (Phi) is 3.11. The van der Waals surface area contributed by atoms with Crippen LogP contribution in [0.15, 0.2) is 6.07 Å². The minimum Gasteiger partial charge on any atom is -0.395 e. The van der Waals surface area contributed by atoms with Crippen LogP contribution in [0.4, 0.5) is 10.7 Å². The van der Waals surface area contributed by atoms with Crippen LogP contribution in [0.25, 0.3) is 0 Å². The quantitative estimate of drug-likeness (QED) is 0.597. The summed E-state index contributed by atoms with van der Waals surface area (Å²) in [5, 5.41) is 14.9. The first-order chi connectivity index (χ1) is 7.22. The number of nitrogens with one attached hydrogen (secondary N) is 2. The van der Waals surface area contributed by atoms with Gasteiger partial charge in [-0.15, -0.1) is 11.3 Å². The zero-order chi connectivity index (χ0) is 10.8. The molecule has 5 N–H and O–H groups in total. The van der Waals surface area contributed by atoms with Crippen molar-refractivity contribution in [3.05, 3.63) is 10.9 Å². The van der Waals surface area contributed by atoms with Crippen LogP contribution < -0.4 is 21.5 Å². The fourth-order valence-corrected chi connectivity index (χ4v) is 2.63. The van der Waals surface area contributed by atoms with E-state index >= 15 is 0 Å². The molecule has 0 amide bonds. The van der Waals surface area contributed by atoms with Gasteiger partial charge in [0.05, 0.1) is 24.0 Å². The Labute approximate surface area is 92.9 Å². The van der Waals surface area contributed by atoms with Crippen molar-refractivity contribution in [3.8, 4) is 0 Å². The zero-order valence-electron chi connectivity index (χ0n) is 8.66. The van der Waals surface area contributed by atoms with E-state index < -0.39 is 0 Å². The van der Waals surface area contributed by atoms with E-state index in [9.17, 15) is 0 Å². The molecule has 0 aliphatic carbocycles. The van der Waals surface area contributed by atoms with Crippen LogP contribution in [0.2, 0.25) is 0 Å². The van der Waals surface area contributed by atoms with E-state index in [-0.39, 0.29) is 6.61 Å². The predicted molar refractivity (Wildman–Crippen MR) is 62.7 cm³/mol. The van der Waals surface area contributed by atoms with Crippen LogP contribution in [0.3, 0.4) is 0 Å². The van der Waals surface area contributed by atoms with Gasteiger partial charge in [-0.25, -0.2) is 5.43 Å². The number of hydrogen-bond acceptors (Lipinski definition) is 6. The van der Waals surface area contributed by atoms with Gasteiger partial charge in [-0.2, -0.15) is 0 Å². The van der Waals surface area contributed by atoms with Crippen molar-refractivity contribution >= 4 is 22.0 Å². The summed E-state index contributed by atoms with van der Waals surface area (Å²) in [5.74, 6) is 0. The lowest BCUT2D eigenvalue weighted by Gasteiger charge is -2.32. The average Bonchev–Trinajstić information content (AvgIpc) is 2.60. The molecule has 0 bridgehead atoms. The van der Waals surface area contributed by atoms with Crippen LogP contribution >= 0.6 is 11.3 Å². The number of aliphatic hydroxyl groups is 1. The molecule has 0 saturated heterocycles. The van der Waals surface area contributed by atoms with E-state index in [1.807, 2.05) is 11.1 Å². The van der Waals surface area contributed by atoms with Gasteiger partial charge in [-0.05, 0) is 13.0 Å². The summed E-state index contributed by atoms with van der Waals surface area (Å²) in [6.07, 6.45) is 0. The Morgan fingerprint density at radius 3 is 3.33 bits per heavy atom. The highest BCUT2D eigenvalue weighted by molar-refractivity contribution is 7.16. The molecule has 0 spiro atoms. The van der Waals surface area contributed by atoms with Crippen LogP contribution in [0, 0.1) is 0 Å². The molecule has 0 radical (unpaired) electrons. The number of hydrogen-bond donors (Lipinski definition) is 4. The molecular formula is C9H16N4OS. The number of fused-ring (bicyclic) bond motifs is 1. The predicted octanol–water partition coefficient (Wildman–Crippen LogP) is 0.255. The van der Waals surface area contributed by atoms with Gasteiger partial charge in [0.15, 0.2) is 0 Å². The molecule has 1 atom stereocenters. The molecule has 1 aromatic heterocycles. The molecular weight excluding hydrogens is 212 g/mol. The summed E-state index contributed by atoms with van der Waals surface area (Å²) in [6, 6.07) is 2.32. The molecule has 0 unspecified atom stereocenters. The van der Waals surface area contributed by atoms with Gasteiger partial charge >= 0.3 is 0 Å². The topological polar surface area (TPSA) is 73.5 Å². The van der Waals surface area contributed by atoms with Crippen molar-refractivity contribution < 1.29 is 5.11 Å². The van der Waals surface area contributed by atoms with Crippen LogP contribution in [-0.2, 0) is 0 Å². The first kappa shape index (κ1) is 10.7. The van der Waals surface area contributed by atoms with Gasteiger partial charge in [0.2, 0.25) is 0 Å². The Morgan fingerprint density at radius 1 is 1.80 bits per heavy atom. The Balaban J connectivity index is 2.20. The number of anilines is 2. The van der Waals surface area contributed by atoms with Crippen LogP contribution in [0.1, 0.15) is 17.8 Å². The summed E-state index contributed by atoms with van der Waals surface area (Å²) < 4.78 is 0. The first-order valence-corrected chi connectivity index (χ1v) is 5.78. The van der Waals surface area contributed by atoms with E-state index in [4.69, 9.17) is 10.8 Å². The van der Waals surface area contributed by atoms with Gasteiger partial charge < -0.3 is 10.8 Å². The highest BCUT2D eigenvalue weighted by Gasteiger charge is 2.23. The largest absolute Gasteiger partial charge is 0.395 e. The van der Waals surface area contributed by atoms with Gasteiger partial charge in [-0.1, -0.05) is 0 Å². The molecule has 6 heteroatoms. The fourth-order valence-electron chi connectivity index (χ4n) is 1.67. The second-order valence-electron chi connectivity index (χ2n) is 3.54. The zero-order valence-corrected chi connectivity index (χ0v) is 9.47. The Bertz CT molecular complexity index is 341. The maximum absolute atomic E-state index is 8.77. The van der Waals surface area contributed by atoms with Crippen molar-refractivity contribution in [2.24, 2.45) is 0 Å². The molecule has 2 rings (SSSR count). The summed E-state index contributed by atoms with van der Waals surface area (Å²) in [4.78, 5) is 1.24. The van der Waals surface area contributed by atoms with Crippen molar-refractivity contribution in [2.45, 2.75) is 13.0 Å². The molecule has 0 fully saturated rings. The monoisotopic (exact) mass is 228 g/mol. The number of hydrazine groups is 1. The van der Waals surface area contributed by atoms with Crippen LogP contribution in [-0.4, -0.2) is 24.9 Å². The highest BCUT2D eigenvalue weighted by atomic mass is 32.1. The molecule has 1 aliphatic rings. The standard InChI is InChI=1S/C9H16N4OS/c1-6-9-7(4-8(10)15-9)13(5-11-6)12-2-3-14/h4,6,11-12,14H,2-3,5,10H2,1H3/t6-/m0/s1. The first-order valence-electron chi connectivity index (χ1n) is 4.97. The maximum atomic E-state index is 8.77. The fraction of sp³-hybridized carbons (Fsp3) is 0.556. The van der Waals surface area contributed by atoms with E-state index in [1.165, 1.54) is 4.88 Å². The summed E-state index contributed by atoms with van der Waals surface area (Å²) >= 11 is 1.61. The number of thiophene rings is 1.